The van der Waals surface area contributed by atoms with E-state index in [0.717, 1.165) is 63.9 Å². The number of nitrogens with one attached hydrogen (secondary N) is 1. The summed E-state index contributed by atoms with van der Waals surface area (Å²) in [6.07, 6.45) is 0. The minimum atomic E-state index is -0.425. The zero-order chi connectivity index (χ0) is 24.4. The average molecular weight is 512 g/mol. The molecule has 4 aromatic rings. The van der Waals surface area contributed by atoms with Gasteiger partial charge < -0.3 is 15.0 Å². The van der Waals surface area contributed by atoms with Gasteiger partial charge in [-0.1, -0.05) is 11.3 Å². The van der Waals surface area contributed by atoms with Crippen LogP contribution in [0.3, 0.4) is 0 Å². The molecule has 0 aliphatic carbocycles. The molecule has 0 atom stereocenters. The Labute approximate surface area is 210 Å². The number of anilines is 1. The van der Waals surface area contributed by atoms with Crippen molar-refractivity contribution in [2.45, 2.75) is 6.92 Å². The summed E-state index contributed by atoms with van der Waals surface area (Å²) >= 11 is 3.04. The highest BCUT2D eigenvalue weighted by Gasteiger charge is 2.20. The number of nitro benzene ring substituents is 1. The molecule has 1 aliphatic rings. The number of hydrogen-bond donors (Lipinski definition) is 1. The standard InChI is InChI=1S/C24H25N5O4S2/c1-2-33-18-4-5-19-21(15-18)35-24(26-19)28-11-9-27(10-12-28)8-7-25-23(30)22-14-16-13-17(29(31)32)3-6-20(16)34-22/h3-6,13-15H,2,7-12H2,1H3,(H,25,30). The molecule has 0 radical (unpaired) electrons. The average Bonchev–Trinajstić information content (AvgIpc) is 3.48. The number of nitro groups is 1. The number of carbonyl (C=O) groups excluding carboxylic acids is 1. The number of ether oxygens (including phenoxy) is 1. The van der Waals surface area contributed by atoms with Gasteiger partial charge in [-0.3, -0.25) is 19.8 Å². The lowest BCUT2D eigenvalue weighted by molar-refractivity contribution is -0.384. The van der Waals surface area contributed by atoms with Crippen LogP contribution in [0.4, 0.5) is 10.8 Å². The number of aromatic nitrogens is 1. The second-order valence-electron chi connectivity index (χ2n) is 8.23. The van der Waals surface area contributed by atoms with Crippen LogP contribution < -0.4 is 15.0 Å². The van der Waals surface area contributed by atoms with E-state index in [4.69, 9.17) is 9.72 Å². The van der Waals surface area contributed by atoms with Gasteiger partial charge in [0, 0.05) is 61.5 Å². The van der Waals surface area contributed by atoms with Crippen molar-refractivity contribution < 1.29 is 14.5 Å². The van der Waals surface area contributed by atoms with Gasteiger partial charge in [0.05, 0.1) is 26.6 Å². The Bertz CT molecular complexity index is 1380. The van der Waals surface area contributed by atoms with Gasteiger partial charge in [0.15, 0.2) is 5.13 Å². The van der Waals surface area contributed by atoms with Crippen LogP contribution in [0.15, 0.2) is 42.5 Å². The molecular weight excluding hydrogens is 486 g/mol. The highest BCUT2D eigenvalue weighted by molar-refractivity contribution is 7.22. The zero-order valence-corrected chi connectivity index (χ0v) is 20.9. The summed E-state index contributed by atoms with van der Waals surface area (Å²) in [5.41, 5.74) is 1.02. The van der Waals surface area contributed by atoms with Crippen LogP contribution in [0.1, 0.15) is 16.6 Å². The van der Waals surface area contributed by atoms with Crippen molar-refractivity contribution in [1.82, 2.24) is 15.2 Å². The quantitative estimate of drug-likeness (QED) is 0.277. The molecule has 182 valence electrons. The number of nitrogens with zero attached hydrogens (tertiary/aromatic N) is 4. The third-order valence-electron chi connectivity index (χ3n) is 5.95. The lowest BCUT2D eigenvalue weighted by atomic mass is 10.2. The number of hydrogen-bond acceptors (Lipinski definition) is 9. The number of fused-ring (bicyclic) bond motifs is 2. The largest absolute Gasteiger partial charge is 0.494 e. The molecule has 0 bridgehead atoms. The van der Waals surface area contributed by atoms with Crippen LogP contribution in [0.2, 0.25) is 0 Å². The van der Waals surface area contributed by atoms with E-state index in [1.165, 1.54) is 23.5 Å². The summed E-state index contributed by atoms with van der Waals surface area (Å²) in [7, 11) is 0. The molecule has 1 fully saturated rings. The molecule has 0 spiro atoms. The normalized spacial score (nSPS) is 14.5. The van der Waals surface area contributed by atoms with Crippen LogP contribution in [-0.4, -0.2) is 66.6 Å². The second-order valence-corrected chi connectivity index (χ2v) is 10.3. The number of thiophene rings is 1. The number of non-ortho nitro benzene ring substituents is 1. The number of carbonyl (C=O) groups is 1. The predicted octanol–water partition coefficient (Wildman–Crippen LogP) is 4.37. The first kappa shape index (κ1) is 23.5. The van der Waals surface area contributed by atoms with E-state index in [1.807, 2.05) is 19.1 Å². The molecule has 11 heteroatoms. The van der Waals surface area contributed by atoms with Crippen molar-refractivity contribution >= 4 is 59.7 Å². The molecule has 5 rings (SSSR count). The number of benzene rings is 2. The fourth-order valence-electron chi connectivity index (χ4n) is 4.12. The molecule has 9 nitrogen and oxygen atoms in total. The van der Waals surface area contributed by atoms with Crippen LogP contribution in [0.5, 0.6) is 5.75 Å². The Kier molecular flexibility index (Phi) is 6.80. The van der Waals surface area contributed by atoms with Gasteiger partial charge in [0.25, 0.3) is 11.6 Å². The van der Waals surface area contributed by atoms with Gasteiger partial charge in [-0.05, 0) is 37.3 Å². The summed E-state index contributed by atoms with van der Waals surface area (Å²) < 4.78 is 7.59. The second kappa shape index (κ2) is 10.1. The predicted molar refractivity (Wildman–Crippen MR) is 140 cm³/mol. The van der Waals surface area contributed by atoms with Gasteiger partial charge in [-0.2, -0.15) is 0 Å². The minimum absolute atomic E-state index is 0.0301. The highest BCUT2D eigenvalue weighted by atomic mass is 32.1. The molecular formula is C24H25N5O4S2. The molecule has 1 saturated heterocycles. The molecule has 2 aromatic carbocycles. The Morgan fingerprint density at radius 2 is 1.94 bits per heavy atom. The fraction of sp³-hybridized carbons (Fsp3) is 0.333. The van der Waals surface area contributed by atoms with Gasteiger partial charge in [0.2, 0.25) is 0 Å². The molecule has 1 N–H and O–H groups in total. The van der Waals surface area contributed by atoms with Crippen LogP contribution in [0.25, 0.3) is 20.3 Å². The Morgan fingerprint density at radius 3 is 2.71 bits per heavy atom. The number of thiazole rings is 1. The lowest BCUT2D eigenvalue weighted by Crippen LogP contribution is -2.48. The maximum Gasteiger partial charge on any atom is 0.270 e. The number of rotatable bonds is 8. The van der Waals surface area contributed by atoms with Gasteiger partial charge in [-0.15, -0.1) is 11.3 Å². The van der Waals surface area contributed by atoms with Crippen LogP contribution >= 0.6 is 22.7 Å². The Hall–Kier alpha value is -3.28. The smallest absolute Gasteiger partial charge is 0.270 e. The van der Waals surface area contributed by atoms with Crippen molar-refractivity contribution in [3.63, 3.8) is 0 Å². The first-order valence-corrected chi connectivity index (χ1v) is 13.1. The van der Waals surface area contributed by atoms with Crippen molar-refractivity contribution in [2.24, 2.45) is 0 Å². The molecule has 0 unspecified atom stereocenters. The van der Waals surface area contributed by atoms with Crippen molar-refractivity contribution in [3.05, 3.63) is 57.5 Å². The summed E-state index contributed by atoms with van der Waals surface area (Å²) in [4.78, 5) is 33.1. The minimum Gasteiger partial charge on any atom is -0.494 e. The van der Waals surface area contributed by atoms with E-state index in [0.29, 0.717) is 18.0 Å². The molecule has 0 saturated carbocycles. The molecule has 2 aromatic heterocycles. The van der Waals surface area contributed by atoms with E-state index in [2.05, 4.69) is 21.2 Å². The van der Waals surface area contributed by atoms with E-state index < -0.39 is 4.92 Å². The van der Waals surface area contributed by atoms with Crippen molar-refractivity contribution in [1.29, 1.82) is 0 Å². The third kappa shape index (κ3) is 5.21. The van der Waals surface area contributed by atoms with Crippen LogP contribution in [-0.2, 0) is 0 Å². The third-order valence-corrected chi connectivity index (χ3v) is 8.14. The fourth-order valence-corrected chi connectivity index (χ4v) is 6.12. The Morgan fingerprint density at radius 1 is 1.11 bits per heavy atom. The molecule has 35 heavy (non-hydrogen) atoms. The van der Waals surface area contributed by atoms with E-state index >= 15 is 0 Å². The number of amides is 1. The highest BCUT2D eigenvalue weighted by Crippen LogP contribution is 2.32. The number of piperazine rings is 1. The van der Waals surface area contributed by atoms with Gasteiger partial charge >= 0.3 is 0 Å². The summed E-state index contributed by atoms with van der Waals surface area (Å²) in [5.74, 6) is 0.729. The first-order valence-electron chi connectivity index (χ1n) is 11.5. The van der Waals surface area contributed by atoms with Crippen molar-refractivity contribution in [2.75, 3.05) is 50.8 Å². The SMILES string of the molecule is CCOc1ccc2nc(N3CCN(CCNC(=O)c4cc5cc([N+](=O)[O-])ccc5s4)CC3)sc2c1. The van der Waals surface area contributed by atoms with Crippen molar-refractivity contribution in [3.8, 4) is 5.75 Å². The maximum atomic E-state index is 12.6. The monoisotopic (exact) mass is 511 g/mol. The first-order chi connectivity index (χ1) is 17.0. The van der Waals surface area contributed by atoms with Gasteiger partial charge in [-0.25, -0.2) is 4.98 Å². The summed E-state index contributed by atoms with van der Waals surface area (Å²) in [5, 5.41) is 15.7. The summed E-state index contributed by atoms with van der Waals surface area (Å²) in [6.45, 7) is 7.54. The van der Waals surface area contributed by atoms with Gasteiger partial charge in [0.1, 0.15) is 5.75 Å². The van der Waals surface area contributed by atoms with E-state index in [1.54, 1.807) is 23.5 Å². The Balaban J connectivity index is 1.11. The van der Waals surface area contributed by atoms with E-state index in [-0.39, 0.29) is 11.6 Å². The lowest BCUT2D eigenvalue weighted by Gasteiger charge is -2.34. The topological polar surface area (TPSA) is 101 Å². The molecule has 1 aliphatic heterocycles. The summed E-state index contributed by atoms with van der Waals surface area (Å²) in [6, 6.07) is 12.4. The molecule has 3 heterocycles. The van der Waals surface area contributed by atoms with E-state index in [9.17, 15) is 14.9 Å². The maximum absolute atomic E-state index is 12.6. The molecule has 1 amide bonds. The zero-order valence-electron chi connectivity index (χ0n) is 19.2. The van der Waals surface area contributed by atoms with Crippen LogP contribution in [0, 0.1) is 10.1 Å².